The molecule has 0 bridgehead atoms. The van der Waals surface area contributed by atoms with Crippen molar-refractivity contribution >= 4 is 30.5 Å². The maximum Gasteiger partial charge on any atom is 0.169 e. The Morgan fingerprint density at radius 3 is 1.64 bits per heavy atom. The fourth-order valence-corrected chi connectivity index (χ4v) is 7.22. The third-order valence-electron chi connectivity index (χ3n) is 6.41. The molecule has 1 aliphatic heterocycles. The van der Waals surface area contributed by atoms with E-state index in [1.165, 1.54) is 109 Å². The normalized spacial score (nSPS) is 22.9. The topological polar surface area (TPSA) is 30.8 Å². The molecule has 2 saturated carbocycles. The van der Waals surface area contributed by atoms with Crippen molar-refractivity contribution in [3.8, 4) is 0 Å². The Balaban J connectivity index is 0.000000485. The lowest BCUT2D eigenvalue weighted by Crippen LogP contribution is -2.30. The van der Waals surface area contributed by atoms with E-state index in [-0.39, 0.29) is 0 Å². The smallest absolute Gasteiger partial charge is 0.169 e. The molecule has 3 rings (SSSR count). The van der Waals surface area contributed by atoms with Crippen LogP contribution in [0.5, 0.6) is 0 Å². The van der Waals surface area contributed by atoms with Gasteiger partial charge >= 0.3 is 0 Å². The summed E-state index contributed by atoms with van der Waals surface area (Å²) in [5.74, 6) is 0. The summed E-state index contributed by atoms with van der Waals surface area (Å²) in [5, 5.41) is 0. The molecule has 0 aromatic carbocycles. The van der Waals surface area contributed by atoms with E-state index in [4.69, 9.17) is 3.63 Å². The van der Waals surface area contributed by atoms with Crippen LogP contribution < -0.4 is 0 Å². The fraction of sp³-hybridized carbons (Fsp3) is 0.957. The number of ether oxygens (including phenoxy) is 1. The first-order valence-corrected chi connectivity index (χ1v) is 13.4. The maximum absolute atomic E-state index is 6.35. The summed E-state index contributed by atoms with van der Waals surface area (Å²) in [7, 11) is 0. The molecule has 2 fully saturated rings. The van der Waals surface area contributed by atoms with E-state index in [0.29, 0.717) is 9.49 Å². The standard InChI is InChI=1S/C20H38OS2.C3H5NO/c1-3-5-13-19(15-9-7-10-16-19)22-21-23-20(14-6-4-2)17-11-8-12-18-20;1-2-5-3-4-1/h3-18H2,1-2H3;3H,1-2H2. The Labute approximate surface area is 183 Å². The molecule has 5 heteroatoms. The van der Waals surface area contributed by atoms with E-state index >= 15 is 0 Å². The van der Waals surface area contributed by atoms with Gasteiger partial charge in [-0.05, 0) is 38.5 Å². The average Bonchev–Trinajstić information content (AvgIpc) is 3.33. The van der Waals surface area contributed by atoms with E-state index in [9.17, 15) is 0 Å². The van der Waals surface area contributed by atoms with Crippen molar-refractivity contribution in [2.45, 2.75) is 126 Å². The molecule has 0 unspecified atom stereocenters. The highest BCUT2D eigenvalue weighted by Gasteiger charge is 2.37. The van der Waals surface area contributed by atoms with Gasteiger partial charge in [-0.1, -0.05) is 78.1 Å². The van der Waals surface area contributed by atoms with E-state index < -0.39 is 0 Å². The van der Waals surface area contributed by atoms with Gasteiger partial charge < -0.3 is 4.74 Å². The summed E-state index contributed by atoms with van der Waals surface area (Å²) in [6.45, 7) is 6.26. The minimum atomic E-state index is 0.432. The van der Waals surface area contributed by atoms with Crippen molar-refractivity contribution in [2.75, 3.05) is 13.2 Å². The van der Waals surface area contributed by atoms with E-state index in [0.717, 1.165) is 13.2 Å². The van der Waals surface area contributed by atoms with Crippen LogP contribution in [0.2, 0.25) is 0 Å². The predicted molar refractivity (Wildman–Crippen MR) is 126 cm³/mol. The van der Waals surface area contributed by atoms with E-state index in [2.05, 4.69) is 23.6 Å². The molecule has 2 aliphatic carbocycles. The SMILES string of the molecule is C1=NCCO1.CCCCC1(SOSC2(CCCC)CCCCC2)CCCCC1. The van der Waals surface area contributed by atoms with Crippen LogP contribution in [0.1, 0.15) is 117 Å². The quantitative estimate of drug-likeness (QED) is 0.328. The molecule has 0 aromatic heterocycles. The summed E-state index contributed by atoms with van der Waals surface area (Å²) in [6.07, 6.45) is 23.6. The minimum absolute atomic E-state index is 0.432. The van der Waals surface area contributed by atoms with Gasteiger partial charge in [0, 0.05) is 33.6 Å². The van der Waals surface area contributed by atoms with Crippen LogP contribution >= 0.6 is 24.1 Å². The first-order valence-electron chi connectivity index (χ1n) is 11.9. The average molecular weight is 430 g/mol. The van der Waals surface area contributed by atoms with Crippen molar-refractivity contribution < 1.29 is 8.37 Å². The second-order valence-electron chi connectivity index (χ2n) is 8.81. The van der Waals surface area contributed by atoms with Crippen molar-refractivity contribution in [2.24, 2.45) is 4.99 Å². The Kier molecular flexibility index (Phi) is 12.4. The molecule has 0 amide bonds. The van der Waals surface area contributed by atoms with Gasteiger partial charge in [0.15, 0.2) is 6.40 Å². The van der Waals surface area contributed by atoms with Crippen LogP contribution in [-0.4, -0.2) is 29.0 Å². The van der Waals surface area contributed by atoms with Crippen LogP contribution in [0.25, 0.3) is 0 Å². The summed E-state index contributed by atoms with van der Waals surface area (Å²) in [6, 6.07) is 0. The highest BCUT2D eigenvalue weighted by Crippen LogP contribution is 2.50. The fourth-order valence-electron chi connectivity index (χ4n) is 4.56. The molecule has 0 atom stereocenters. The van der Waals surface area contributed by atoms with Crippen LogP contribution in [0.4, 0.5) is 0 Å². The van der Waals surface area contributed by atoms with Crippen LogP contribution in [0, 0.1) is 0 Å². The molecule has 164 valence electrons. The lowest BCUT2D eigenvalue weighted by atomic mass is 9.85. The molecule has 0 spiro atoms. The van der Waals surface area contributed by atoms with Crippen LogP contribution in [-0.2, 0) is 8.37 Å². The highest BCUT2D eigenvalue weighted by atomic mass is 32.2. The van der Waals surface area contributed by atoms with Gasteiger partial charge in [0.25, 0.3) is 0 Å². The predicted octanol–water partition coefficient (Wildman–Crippen LogP) is 8.13. The zero-order chi connectivity index (χ0) is 20.0. The number of rotatable bonds is 10. The highest BCUT2D eigenvalue weighted by molar-refractivity contribution is 8.09. The summed E-state index contributed by atoms with van der Waals surface area (Å²) < 4.78 is 11.9. The van der Waals surface area contributed by atoms with Gasteiger partial charge in [-0.15, -0.1) is 0 Å². The van der Waals surface area contributed by atoms with Gasteiger partial charge in [0.05, 0.1) is 6.54 Å². The zero-order valence-electron chi connectivity index (χ0n) is 18.4. The van der Waals surface area contributed by atoms with Crippen molar-refractivity contribution in [3.05, 3.63) is 0 Å². The first-order chi connectivity index (χ1) is 13.7. The second kappa shape index (κ2) is 14.2. The third-order valence-corrected chi connectivity index (χ3v) is 8.89. The number of hydrogen-bond donors (Lipinski definition) is 0. The molecular formula is C23H43NO2S2. The summed E-state index contributed by atoms with van der Waals surface area (Å²) in [5.41, 5.74) is 0. The monoisotopic (exact) mass is 429 g/mol. The first kappa shape index (κ1) is 24.4. The zero-order valence-corrected chi connectivity index (χ0v) is 20.0. The Bertz CT molecular complexity index is 383. The van der Waals surface area contributed by atoms with Crippen LogP contribution in [0.15, 0.2) is 4.99 Å². The van der Waals surface area contributed by atoms with E-state index in [1.54, 1.807) is 0 Å². The largest absolute Gasteiger partial charge is 0.482 e. The van der Waals surface area contributed by atoms with Crippen molar-refractivity contribution in [3.63, 3.8) is 0 Å². The molecule has 3 aliphatic rings. The molecule has 0 saturated heterocycles. The lowest BCUT2D eigenvalue weighted by Gasteiger charge is -2.39. The van der Waals surface area contributed by atoms with Gasteiger partial charge in [-0.25, -0.2) is 3.63 Å². The van der Waals surface area contributed by atoms with Gasteiger partial charge in [0.2, 0.25) is 0 Å². The molecule has 1 heterocycles. The summed E-state index contributed by atoms with van der Waals surface area (Å²) >= 11 is 3.75. The minimum Gasteiger partial charge on any atom is -0.482 e. The Hall–Kier alpha value is 0.130. The molecule has 3 nitrogen and oxygen atoms in total. The number of aliphatic imine (C=N–C) groups is 1. The van der Waals surface area contributed by atoms with Crippen molar-refractivity contribution in [1.82, 2.24) is 0 Å². The summed E-state index contributed by atoms with van der Waals surface area (Å²) in [4.78, 5) is 3.74. The number of nitrogens with zero attached hydrogens (tertiary/aromatic N) is 1. The van der Waals surface area contributed by atoms with Gasteiger partial charge in [-0.2, -0.15) is 0 Å². The lowest BCUT2D eigenvalue weighted by molar-refractivity contribution is 0.352. The molecule has 0 radical (unpaired) electrons. The maximum atomic E-state index is 6.35. The number of unbranched alkanes of at least 4 members (excludes halogenated alkanes) is 2. The van der Waals surface area contributed by atoms with Crippen LogP contribution in [0.3, 0.4) is 0 Å². The Morgan fingerprint density at radius 1 is 0.821 bits per heavy atom. The van der Waals surface area contributed by atoms with Gasteiger partial charge in [0.1, 0.15) is 6.61 Å². The molecule has 0 N–H and O–H groups in total. The molecular weight excluding hydrogens is 386 g/mol. The molecule has 0 aromatic rings. The molecule has 28 heavy (non-hydrogen) atoms. The van der Waals surface area contributed by atoms with Gasteiger partial charge in [-0.3, -0.25) is 4.99 Å². The third kappa shape index (κ3) is 8.87. The Morgan fingerprint density at radius 2 is 1.32 bits per heavy atom. The van der Waals surface area contributed by atoms with Crippen molar-refractivity contribution in [1.29, 1.82) is 0 Å². The number of hydrogen-bond acceptors (Lipinski definition) is 5. The second-order valence-corrected chi connectivity index (χ2v) is 11.4. The van der Waals surface area contributed by atoms with E-state index in [1.807, 2.05) is 24.1 Å².